The first-order chi connectivity index (χ1) is 22.6. The molecule has 2 amide bonds. The Morgan fingerprint density at radius 2 is 1.77 bits per heavy atom. The van der Waals surface area contributed by atoms with E-state index in [4.69, 9.17) is 23.7 Å². The van der Waals surface area contributed by atoms with E-state index in [2.05, 4.69) is 4.90 Å². The summed E-state index contributed by atoms with van der Waals surface area (Å²) in [6.07, 6.45) is -2.82. The van der Waals surface area contributed by atoms with Gasteiger partial charge in [0.05, 0.1) is 41.5 Å². The highest BCUT2D eigenvalue weighted by molar-refractivity contribution is 6.01. The van der Waals surface area contributed by atoms with Crippen molar-refractivity contribution in [3.63, 3.8) is 0 Å². The molecule has 5 aliphatic heterocycles. The fourth-order valence-corrected chi connectivity index (χ4v) is 9.19. The highest BCUT2D eigenvalue weighted by Crippen LogP contribution is 2.49. The number of fused-ring (bicyclic) bond motifs is 7. The van der Waals surface area contributed by atoms with Gasteiger partial charge in [0, 0.05) is 50.3 Å². The number of anilines is 1. The van der Waals surface area contributed by atoms with Crippen LogP contribution in [0.5, 0.6) is 0 Å². The molecule has 5 heterocycles. The molecular weight excluding hydrogens is 618 g/mol. The lowest BCUT2D eigenvalue weighted by Gasteiger charge is -2.56. The van der Waals surface area contributed by atoms with Gasteiger partial charge in [-0.3, -0.25) is 9.59 Å². The zero-order valence-corrected chi connectivity index (χ0v) is 29.9. The van der Waals surface area contributed by atoms with Gasteiger partial charge >= 0.3 is 0 Å². The molecule has 14 atom stereocenters. The second-order valence-electron chi connectivity index (χ2n) is 15.7. The molecule has 4 saturated heterocycles. The molecular formula is C36H55N3O9. The minimum Gasteiger partial charge on any atom is -0.387 e. The molecule has 0 spiro atoms. The number of carbonyl (C=O) groups excluding carboxylic acids is 2. The second kappa shape index (κ2) is 13.2. The minimum absolute atomic E-state index is 0.0612. The van der Waals surface area contributed by atoms with Gasteiger partial charge in [0.1, 0.15) is 12.2 Å². The predicted octanol–water partition coefficient (Wildman–Crippen LogP) is 2.64. The third kappa shape index (κ3) is 6.21. The smallest absolute Gasteiger partial charge is 0.253 e. The third-order valence-corrected chi connectivity index (χ3v) is 11.7. The Balaban J connectivity index is 1.48. The Morgan fingerprint density at radius 3 is 2.46 bits per heavy atom. The second-order valence-corrected chi connectivity index (χ2v) is 15.7. The number of aliphatic hydroxyl groups is 2. The zero-order chi connectivity index (χ0) is 34.9. The average Bonchev–Trinajstić information content (AvgIpc) is 3.26. The summed E-state index contributed by atoms with van der Waals surface area (Å²) in [6, 6.07) is 6.43. The van der Waals surface area contributed by atoms with Gasteiger partial charge in [0.15, 0.2) is 12.6 Å². The number of carbonyl (C=O) groups is 2. The Labute approximate surface area is 284 Å². The van der Waals surface area contributed by atoms with Crippen LogP contribution in [0, 0.1) is 17.8 Å². The van der Waals surface area contributed by atoms with Crippen LogP contribution in [0.15, 0.2) is 24.3 Å². The Hall–Kier alpha value is -2.16. The van der Waals surface area contributed by atoms with Crippen molar-refractivity contribution in [2.75, 3.05) is 39.7 Å². The number of hydrogen-bond donors (Lipinski definition) is 2. The summed E-state index contributed by atoms with van der Waals surface area (Å²) in [5.74, 6) is -1.21. The van der Waals surface area contributed by atoms with Crippen molar-refractivity contribution in [1.29, 1.82) is 0 Å². The molecule has 4 fully saturated rings. The third-order valence-electron chi connectivity index (χ3n) is 11.7. The lowest BCUT2D eigenvalue weighted by Crippen LogP contribution is -2.68. The fourth-order valence-electron chi connectivity index (χ4n) is 9.19. The van der Waals surface area contributed by atoms with Crippen LogP contribution in [0.3, 0.4) is 0 Å². The van der Waals surface area contributed by atoms with Gasteiger partial charge < -0.3 is 48.6 Å². The van der Waals surface area contributed by atoms with Gasteiger partial charge in [-0.25, -0.2) is 0 Å². The molecule has 1 aromatic carbocycles. The molecule has 0 aliphatic carbocycles. The number of hydrogen-bond acceptors (Lipinski definition) is 10. The number of rotatable bonds is 4. The van der Waals surface area contributed by atoms with E-state index >= 15 is 0 Å². The molecule has 6 rings (SSSR count). The SMILES string of the molecule is CO[C@]1(C)C[C@H](O[C@H]2[C@H]3[C@H]4O[C@@H]5O[C@H](C)C[C@H](N(C)C)[C@H]5C[C@@]4(O)C[C@@H](C)CN(C)C(=O)c4cccc(c4)N3C(=O)[C@@H]2C)O[C@@H](C)[C@@H]1O. The molecule has 48 heavy (non-hydrogen) atoms. The van der Waals surface area contributed by atoms with Gasteiger partial charge in [-0.1, -0.05) is 19.9 Å². The van der Waals surface area contributed by atoms with Gasteiger partial charge in [-0.2, -0.15) is 0 Å². The van der Waals surface area contributed by atoms with E-state index in [-0.39, 0.29) is 42.2 Å². The number of ether oxygens (including phenoxy) is 5. The number of nitrogens with zero attached hydrogens (tertiary/aromatic N) is 3. The van der Waals surface area contributed by atoms with Gasteiger partial charge in [0.2, 0.25) is 5.91 Å². The van der Waals surface area contributed by atoms with Crippen LogP contribution in [-0.4, -0.2) is 133 Å². The molecule has 0 saturated carbocycles. The number of methoxy groups -OCH3 is 1. The number of amides is 2. The van der Waals surface area contributed by atoms with Gasteiger partial charge in [-0.15, -0.1) is 0 Å². The molecule has 5 aliphatic rings. The van der Waals surface area contributed by atoms with Crippen LogP contribution in [0.2, 0.25) is 0 Å². The Kier molecular flexibility index (Phi) is 9.80. The van der Waals surface area contributed by atoms with Crippen molar-refractivity contribution in [2.24, 2.45) is 17.8 Å². The summed E-state index contributed by atoms with van der Waals surface area (Å²) in [4.78, 5) is 33.6. The van der Waals surface area contributed by atoms with Crippen molar-refractivity contribution in [2.45, 2.75) is 127 Å². The highest BCUT2D eigenvalue weighted by atomic mass is 16.7. The highest BCUT2D eigenvalue weighted by Gasteiger charge is 2.62. The molecule has 1 aromatic rings. The number of benzene rings is 1. The van der Waals surface area contributed by atoms with Crippen LogP contribution in [0.1, 0.15) is 70.7 Å². The lowest BCUT2D eigenvalue weighted by molar-refractivity contribution is -0.328. The quantitative estimate of drug-likeness (QED) is 0.492. The van der Waals surface area contributed by atoms with Crippen molar-refractivity contribution in [1.82, 2.24) is 9.80 Å². The fraction of sp³-hybridized carbons (Fsp3) is 0.778. The maximum atomic E-state index is 14.4. The standard InChI is InChI=1S/C36H55N3O9/c1-19-15-36(43)16-25-26(37(6)7)13-20(2)45-34(25)48-31(36)28-29(47-27-17-35(5,44-9)30(40)22(4)46-27)21(3)32(41)39(28)24-12-10-11-23(14-24)33(42)38(8)18-19/h10-12,14,19-22,25-31,34,40,43H,13,15-18H2,1-9H3/t19-,20-,21-,22+,25-,26+,27+,28+,29-,30+,31-,34+,35-,36+/m1/s1. The van der Waals surface area contributed by atoms with Crippen LogP contribution in [-0.2, 0) is 28.5 Å². The van der Waals surface area contributed by atoms with E-state index in [0.29, 0.717) is 30.6 Å². The molecule has 0 aromatic heterocycles. The summed E-state index contributed by atoms with van der Waals surface area (Å²) >= 11 is 0. The van der Waals surface area contributed by atoms with E-state index in [0.717, 1.165) is 6.42 Å². The Bertz CT molecular complexity index is 1360. The van der Waals surface area contributed by atoms with E-state index in [9.17, 15) is 19.8 Å². The van der Waals surface area contributed by atoms with Crippen LogP contribution in [0.25, 0.3) is 0 Å². The average molecular weight is 674 g/mol. The minimum atomic E-state index is -1.40. The molecule has 0 unspecified atom stereocenters. The summed E-state index contributed by atoms with van der Waals surface area (Å²) < 4.78 is 32.2. The van der Waals surface area contributed by atoms with Gasteiger partial charge in [-0.05, 0) is 78.2 Å². The van der Waals surface area contributed by atoms with Gasteiger partial charge in [0.25, 0.3) is 5.91 Å². The number of aliphatic hydroxyl groups excluding tert-OH is 1. The summed E-state index contributed by atoms with van der Waals surface area (Å²) in [7, 11) is 7.42. The van der Waals surface area contributed by atoms with E-state index < -0.39 is 60.2 Å². The molecule has 268 valence electrons. The van der Waals surface area contributed by atoms with Crippen molar-refractivity contribution >= 4 is 17.5 Å². The molecule has 12 nitrogen and oxygen atoms in total. The van der Waals surface area contributed by atoms with Crippen molar-refractivity contribution < 1.29 is 43.5 Å². The first-order valence-electron chi connectivity index (χ1n) is 17.5. The molecule has 0 radical (unpaired) electrons. The van der Waals surface area contributed by atoms with Crippen molar-refractivity contribution in [3.8, 4) is 0 Å². The monoisotopic (exact) mass is 673 g/mol. The van der Waals surface area contributed by atoms with E-state index in [1.165, 1.54) is 0 Å². The maximum absolute atomic E-state index is 14.4. The van der Waals surface area contributed by atoms with E-state index in [1.807, 2.05) is 47.9 Å². The summed E-state index contributed by atoms with van der Waals surface area (Å²) in [5.41, 5.74) is -1.33. The van der Waals surface area contributed by atoms with Crippen LogP contribution < -0.4 is 4.90 Å². The molecule has 12 heteroatoms. The first kappa shape index (κ1) is 35.7. The summed E-state index contributed by atoms with van der Waals surface area (Å²) in [6.45, 7) is 9.94. The van der Waals surface area contributed by atoms with Crippen molar-refractivity contribution in [3.05, 3.63) is 29.8 Å². The summed E-state index contributed by atoms with van der Waals surface area (Å²) in [5, 5.41) is 23.9. The predicted molar refractivity (Wildman–Crippen MR) is 177 cm³/mol. The normalized spacial score (nSPS) is 45.2. The zero-order valence-electron chi connectivity index (χ0n) is 29.9. The Morgan fingerprint density at radius 1 is 1.04 bits per heavy atom. The first-order valence-corrected chi connectivity index (χ1v) is 17.5. The largest absolute Gasteiger partial charge is 0.387 e. The molecule has 2 bridgehead atoms. The van der Waals surface area contributed by atoms with Crippen LogP contribution >= 0.6 is 0 Å². The van der Waals surface area contributed by atoms with E-state index in [1.54, 1.807) is 49.1 Å². The van der Waals surface area contributed by atoms with Crippen LogP contribution in [0.4, 0.5) is 5.69 Å². The molecule has 2 N–H and O–H groups in total. The maximum Gasteiger partial charge on any atom is 0.253 e. The lowest BCUT2D eigenvalue weighted by atomic mass is 9.70. The topological polar surface area (TPSA) is 130 Å².